The van der Waals surface area contributed by atoms with Gasteiger partial charge in [-0.25, -0.2) is 0 Å². The van der Waals surface area contributed by atoms with Crippen LogP contribution in [0.25, 0.3) is 0 Å². The van der Waals surface area contributed by atoms with Crippen LogP contribution in [0.1, 0.15) is 44.6 Å². The Labute approximate surface area is 115 Å². The number of rotatable bonds is 5. The summed E-state index contributed by atoms with van der Waals surface area (Å²) in [4.78, 5) is 0. The van der Waals surface area contributed by atoms with E-state index in [-0.39, 0.29) is 5.41 Å². The average molecular weight is 254 g/mol. The highest BCUT2D eigenvalue weighted by molar-refractivity contribution is 5.36. The zero-order valence-electron chi connectivity index (χ0n) is 11.7. The first-order valence-corrected chi connectivity index (χ1v) is 7.42. The van der Waals surface area contributed by atoms with Crippen LogP contribution < -0.4 is 5.32 Å². The standard InChI is InChI=1S/C17H22N2/c1-2-16(8-9-16)13-19-15-10-17(11-15,12-18)14-6-4-3-5-7-14/h3-7,15,19H,2,8-11,13H2,1H3. The number of nitriles is 1. The molecule has 1 N–H and O–H groups in total. The molecule has 0 unspecified atom stereocenters. The monoisotopic (exact) mass is 254 g/mol. The topological polar surface area (TPSA) is 35.8 Å². The fourth-order valence-electron chi connectivity index (χ4n) is 3.27. The summed E-state index contributed by atoms with van der Waals surface area (Å²) in [7, 11) is 0. The van der Waals surface area contributed by atoms with Crippen molar-refractivity contribution in [3.05, 3.63) is 35.9 Å². The zero-order chi connectivity index (χ0) is 13.3. The molecule has 100 valence electrons. The van der Waals surface area contributed by atoms with Gasteiger partial charge < -0.3 is 5.32 Å². The highest BCUT2D eigenvalue weighted by Gasteiger charge is 2.47. The third-order valence-electron chi connectivity index (χ3n) is 5.20. The molecule has 0 radical (unpaired) electrons. The molecule has 0 aliphatic heterocycles. The summed E-state index contributed by atoms with van der Waals surface area (Å²) in [5.74, 6) is 0. The number of hydrogen-bond donors (Lipinski definition) is 1. The summed E-state index contributed by atoms with van der Waals surface area (Å²) in [6, 6.07) is 13.3. The smallest absolute Gasteiger partial charge is 0.0852 e. The van der Waals surface area contributed by atoms with Crippen molar-refractivity contribution in [2.45, 2.75) is 50.5 Å². The van der Waals surface area contributed by atoms with Gasteiger partial charge in [-0.05, 0) is 43.1 Å². The van der Waals surface area contributed by atoms with Crippen molar-refractivity contribution in [3.8, 4) is 6.07 Å². The highest BCUT2D eigenvalue weighted by atomic mass is 15.0. The van der Waals surface area contributed by atoms with Crippen LogP contribution in [0, 0.1) is 16.7 Å². The molecule has 2 saturated carbocycles. The molecule has 0 spiro atoms. The van der Waals surface area contributed by atoms with Crippen LogP contribution in [0.2, 0.25) is 0 Å². The third kappa shape index (κ3) is 2.28. The van der Waals surface area contributed by atoms with Crippen molar-refractivity contribution in [2.24, 2.45) is 5.41 Å². The Kier molecular flexibility index (Phi) is 3.11. The Morgan fingerprint density at radius 1 is 1.26 bits per heavy atom. The lowest BCUT2D eigenvalue weighted by molar-refractivity contribution is 0.214. The van der Waals surface area contributed by atoms with E-state index < -0.39 is 0 Å². The Hall–Kier alpha value is -1.33. The summed E-state index contributed by atoms with van der Waals surface area (Å²) in [6.07, 6.45) is 5.98. The van der Waals surface area contributed by atoms with E-state index >= 15 is 0 Å². The molecule has 0 bridgehead atoms. The first-order chi connectivity index (χ1) is 9.22. The second kappa shape index (κ2) is 4.65. The van der Waals surface area contributed by atoms with E-state index in [2.05, 4.69) is 30.4 Å². The number of nitrogens with zero attached hydrogens (tertiary/aromatic N) is 1. The van der Waals surface area contributed by atoms with Crippen LogP contribution >= 0.6 is 0 Å². The molecule has 19 heavy (non-hydrogen) atoms. The zero-order valence-corrected chi connectivity index (χ0v) is 11.7. The molecule has 2 nitrogen and oxygen atoms in total. The molecular weight excluding hydrogens is 232 g/mol. The number of nitrogens with one attached hydrogen (secondary N) is 1. The van der Waals surface area contributed by atoms with Crippen molar-refractivity contribution in [1.29, 1.82) is 5.26 Å². The first-order valence-electron chi connectivity index (χ1n) is 7.42. The average Bonchev–Trinajstić information content (AvgIpc) is 3.20. The van der Waals surface area contributed by atoms with Gasteiger partial charge in [0.15, 0.2) is 0 Å². The van der Waals surface area contributed by atoms with Crippen molar-refractivity contribution in [2.75, 3.05) is 6.54 Å². The van der Waals surface area contributed by atoms with Gasteiger partial charge >= 0.3 is 0 Å². The molecule has 1 aromatic rings. The SMILES string of the molecule is CCC1(CNC2CC(C#N)(c3ccccc3)C2)CC1. The van der Waals surface area contributed by atoms with Gasteiger partial charge in [-0.2, -0.15) is 5.26 Å². The first kappa shape index (κ1) is 12.7. The Balaban J connectivity index is 1.57. The fraction of sp³-hybridized carbons (Fsp3) is 0.588. The maximum absolute atomic E-state index is 9.52. The lowest BCUT2D eigenvalue weighted by Crippen LogP contribution is -2.52. The molecule has 0 saturated heterocycles. The van der Waals surface area contributed by atoms with Gasteiger partial charge in [-0.3, -0.25) is 0 Å². The van der Waals surface area contributed by atoms with Crippen molar-refractivity contribution in [1.82, 2.24) is 5.32 Å². The van der Waals surface area contributed by atoms with Crippen molar-refractivity contribution in [3.63, 3.8) is 0 Å². The molecule has 2 heteroatoms. The van der Waals surface area contributed by atoms with Crippen molar-refractivity contribution < 1.29 is 0 Å². The predicted molar refractivity (Wildman–Crippen MR) is 76.7 cm³/mol. The van der Waals surface area contributed by atoms with Gasteiger partial charge in [0.1, 0.15) is 0 Å². The van der Waals surface area contributed by atoms with Gasteiger partial charge in [0, 0.05) is 12.6 Å². The molecule has 2 aliphatic rings. The van der Waals surface area contributed by atoms with Crippen LogP contribution in [0.4, 0.5) is 0 Å². The summed E-state index contributed by atoms with van der Waals surface area (Å²) in [5.41, 5.74) is 1.55. The molecule has 0 heterocycles. The summed E-state index contributed by atoms with van der Waals surface area (Å²) in [6.45, 7) is 3.43. The minimum Gasteiger partial charge on any atom is -0.313 e. The van der Waals surface area contributed by atoms with Crippen LogP contribution in [0.5, 0.6) is 0 Å². The van der Waals surface area contributed by atoms with Gasteiger partial charge in [0.2, 0.25) is 0 Å². The summed E-state index contributed by atoms with van der Waals surface area (Å²) >= 11 is 0. The highest BCUT2D eigenvalue weighted by Crippen LogP contribution is 2.49. The lowest BCUT2D eigenvalue weighted by atomic mass is 9.62. The number of benzene rings is 1. The molecule has 2 aliphatic carbocycles. The van der Waals surface area contributed by atoms with Gasteiger partial charge in [-0.15, -0.1) is 0 Å². The van der Waals surface area contributed by atoms with Crippen LogP contribution in [-0.4, -0.2) is 12.6 Å². The quantitative estimate of drug-likeness (QED) is 0.874. The number of hydrogen-bond acceptors (Lipinski definition) is 2. The van der Waals surface area contributed by atoms with Crippen molar-refractivity contribution >= 4 is 0 Å². The Morgan fingerprint density at radius 3 is 2.47 bits per heavy atom. The van der Waals surface area contributed by atoms with Gasteiger partial charge in [-0.1, -0.05) is 37.3 Å². The maximum atomic E-state index is 9.52. The Morgan fingerprint density at radius 2 is 1.95 bits per heavy atom. The molecule has 2 fully saturated rings. The van der Waals surface area contributed by atoms with E-state index in [9.17, 15) is 5.26 Å². The normalized spacial score (nSPS) is 31.3. The van der Waals surface area contributed by atoms with Crippen LogP contribution in [-0.2, 0) is 5.41 Å². The lowest BCUT2D eigenvalue weighted by Gasteiger charge is -2.44. The van der Waals surface area contributed by atoms with Crippen LogP contribution in [0.15, 0.2) is 30.3 Å². The largest absolute Gasteiger partial charge is 0.313 e. The van der Waals surface area contributed by atoms with E-state index in [1.807, 2.05) is 18.2 Å². The third-order valence-corrected chi connectivity index (χ3v) is 5.20. The predicted octanol–water partition coefficient (Wildman–Crippen LogP) is 3.39. The van der Waals surface area contributed by atoms with E-state index in [0.29, 0.717) is 11.5 Å². The van der Waals surface area contributed by atoms with E-state index in [0.717, 1.165) is 19.4 Å². The fourth-order valence-corrected chi connectivity index (χ4v) is 3.27. The molecule has 0 aromatic heterocycles. The van der Waals surface area contributed by atoms with Gasteiger partial charge in [0.25, 0.3) is 0 Å². The molecule has 3 rings (SSSR count). The summed E-state index contributed by atoms with van der Waals surface area (Å²) in [5, 5.41) is 13.2. The van der Waals surface area contributed by atoms with E-state index in [4.69, 9.17) is 0 Å². The molecular formula is C17H22N2. The molecule has 1 aromatic carbocycles. The Bertz CT molecular complexity index is 476. The van der Waals surface area contributed by atoms with Crippen LogP contribution in [0.3, 0.4) is 0 Å². The second-order valence-electron chi connectivity index (χ2n) is 6.40. The van der Waals surface area contributed by atoms with E-state index in [1.165, 1.54) is 24.8 Å². The minimum absolute atomic E-state index is 0.234. The second-order valence-corrected chi connectivity index (χ2v) is 6.40. The van der Waals surface area contributed by atoms with E-state index in [1.54, 1.807) is 0 Å². The molecule has 0 atom stereocenters. The van der Waals surface area contributed by atoms with Gasteiger partial charge in [0.05, 0.1) is 11.5 Å². The minimum atomic E-state index is -0.234. The maximum Gasteiger partial charge on any atom is 0.0852 e. The molecule has 0 amide bonds. The summed E-state index contributed by atoms with van der Waals surface area (Å²) < 4.78 is 0.